The number of rotatable bonds is 8. The van der Waals surface area contributed by atoms with Gasteiger partial charge in [0, 0.05) is 25.2 Å². The summed E-state index contributed by atoms with van der Waals surface area (Å²) in [6, 6.07) is 18.3. The van der Waals surface area contributed by atoms with Crippen molar-refractivity contribution in [2.45, 2.75) is 30.3 Å². The molecule has 1 fully saturated rings. The summed E-state index contributed by atoms with van der Waals surface area (Å²) >= 11 is 9.33. The Bertz CT molecular complexity index is 1370. The first-order valence-corrected chi connectivity index (χ1v) is 14.5. The minimum atomic E-state index is -3.90. The van der Waals surface area contributed by atoms with E-state index < -0.39 is 27.9 Å². The predicted octanol–water partition coefficient (Wildman–Crippen LogP) is 5.35. The number of piperidine rings is 1. The molecule has 0 radical (unpaired) electrons. The zero-order chi connectivity index (χ0) is 26.6. The highest BCUT2D eigenvalue weighted by Gasteiger charge is 2.31. The van der Waals surface area contributed by atoms with Gasteiger partial charge in [0.1, 0.15) is 10.7 Å². The van der Waals surface area contributed by atoms with Gasteiger partial charge in [0.25, 0.3) is 5.91 Å². The van der Waals surface area contributed by atoms with Crippen LogP contribution in [0.15, 0.2) is 76.1 Å². The zero-order valence-corrected chi connectivity index (χ0v) is 23.1. The van der Waals surface area contributed by atoms with Crippen LogP contribution < -0.4 is 5.32 Å². The van der Waals surface area contributed by atoms with E-state index in [0.717, 1.165) is 19.3 Å². The van der Waals surface area contributed by atoms with Crippen molar-refractivity contribution in [3.63, 3.8) is 0 Å². The second-order valence-electron chi connectivity index (χ2n) is 9.08. The molecule has 0 bridgehead atoms. The molecule has 0 unspecified atom stereocenters. The van der Waals surface area contributed by atoms with Crippen molar-refractivity contribution in [2.75, 3.05) is 19.6 Å². The summed E-state index contributed by atoms with van der Waals surface area (Å²) in [5.41, 5.74) is 1.76. The van der Waals surface area contributed by atoms with Gasteiger partial charge in [-0.25, -0.2) is 12.8 Å². The molecule has 1 atom stereocenters. The molecular formula is C27H27BrClFN2O4S. The Kier molecular flexibility index (Phi) is 9.03. The van der Waals surface area contributed by atoms with Crippen molar-refractivity contribution in [3.05, 3.63) is 98.7 Å². The lowest BCUT2D eigenvalue weighted by molar-refractivity contribution is 0.0916. The molecule has 1 heterocycles. The van der Waals surface area contributed by atoms with E-state index in [-0.39, 0.29) is 26.5 Å². The van der Waals surface area contributed by atoms with Crippen LogP contribution in [0.5, 0.6) is 0 Å². The molecule has 0 spiro atoms. The van der Waals surface area contributed by atoms with Gasteiger partial charge < -0.3 is 10.4 Å². The van der Waals surface area contributed by atoms with Gasteiger partial charge in [-0.3, -0.25) is 4.79 Å². The third-order valence-electron chi connectivity index (χ3n) is 6.54. The van der Waals surface area contributed by atoms with E-state index in [2.05, 4.69) is 33.4 Å². The van der Waals surface area contributed by atoms with Gasteiger partial charge in [0.2, 0.25) is 10.0 Å². The van der Waals surface area contributed by atoms with Gasteiger partial charge in [-0.1, -0.05) is 48.0 Å². The molecule has 4 rings (SSSR count). The molecule has 6 nitrogen and oxygen atoms in total. The van der Waals surface area contributed by atoms with E-state index >= 15 is 0 Å². The van der Waals surface area contributed by atoms with E-state index in [1.54, 1.807) is 0 Å². The molecule has 1 saturated heterocycles. The first-order chi connectivity index (χ1) is 17.6. The molecule has 37 heavy (non-hydrogen) atoms. The molecule has 196 valence electrons. The lowest BCUT2D eigenvalue weighted by Crippen LogP contribution is -2.39. The van der Waals surface area contributed by atoms with Gasteiger partial charge >= 0.3 is 0 Å². The van der Waals surface area contributed by atoms with Crippen LogP contribution in [0.2, 0.25) is 5.02 Å². The number of aliphatic hydroxyl groups is 1. The number of halogens is 3. The fourth-order valence-corrected chi connectivity index (χ4v) is 6.78. The highest BCUT2D eigenvalue weighted by molar-refractivity contribution is 9.10. The predicted molar refractivity (Wildman–Crippen MR) is 144 cm³/mol. The van der Waals surface area contributed by atoms with Crippen LogP contribution in [0.3, 0.4) is 0 Å². The SMILES string of the molecule is O=C(NC[C@@H](O)c1ccc(F)c(Br)c1)c1ccc(Cl)c(S(=O)(=O)N2CCC(Cc3ccccc3)CC2)c1. The number of sulfonamides is 1. The van der Waals surface area contributed by atoms with Crippen molar-refractivity contribution in [1.29, 1.82) is 0 Å². The largest absolute Gasteiger partial charge is 0.387 e. The molecule has 0 saturated carbocycles. The fourth-order valence-electron chi connectivity index (χ4n) is 4.41. The van der Waals surface area contributed by atoms with Crippen molar-refractivity contribution in [3.8, 4) is 0 Å². The average Bonchev–Trinajstić information content (AvgIpc) is 2.89. The molecule has 10 heteroatoms. The van der Waals surface area contributed by atoms with Crippen molar-refractivity contribution in [2.24, 2.45) is 5.92 Å². The van der Waals surface area contributed by atoms with Crippen LogP contribution >= 0.6 is 27.5 Å². The van der Waals surface area contributed by atoms with Gasteiger partial charge in [-0.2, -0.15) is 4.31 Å². The summed E-state index contributed by atoms with van der Waals surface area (Å²) in [6.07, 6.45) is 1.31. The standard InChI is InChI=1S/C27H27BrClFN2O4S/c28-22-15-20(7-9-24(22)30)25(33)17-31-27(34)21-6-8-23(29)26(16-21)37(35,36)32-12-10-19(11-13-32)14-18-4-2-1-3-5-18/h1-9,15-16,19,25,33H,10-14,17H2,(H,31,34)/t25-/m1/s1. The monoisotopic (exact) mass is 608 g/mol. The summed E-state index contributed by atoms with van der Waals surface area (Å²) in [4.78, 5) is 12.6. The van der Waals surface area contributed by atoms with E-state index in [9.17, 15) is 22.7 Å². The number of aliphatic hydroxyl groups excluding tert-OH is 1. The van der Waals surface area contributed by atoms with Gasteiger partial charge in [-0.15, -0.1) is 0 Å². The Hall–Kier alpha value is -2.30. The number of benzene rings is 3. The van der Waals surface area contributed by atoms with Crippen molar-refractivity contribution in [1.82, 2.24) is 9.62 Å². The summed E-state index contributed by atoms with van der Waals surface area (Å²) < 4.78 is 41.9. The highest BCUT2D eigenvalue weighted by Crippen LogP contribution is 2.30. The number of nitrogens with one attached hydrogen (secondary N) is 1. The van der Waals surface area contributed by atoms with Crippen molar-refractivity contribution >= 4 is 43.5 Å². The van der Waals surface area contributed by atoms with E-state index in [4.69, 9.17) is 11.6 Å². The zero-order valence-electron chi connectivity index (χ0n) is 19.9. The maximum absolute atomic E-state index is 13.4. The smallest absolute Gasteiger partial charge is 0.251 e. The highest BCUT2D eigenvalue weighted by atomic mass is 79.9. The molecule has 3 aromatic carbocycles. The Morgan fingerprint density at radius 3 is 2.49 bits per heavy atom. The minimum absolute atomic E-state index is 0.0409. The molecule has 0 aromatic heterocycles. The number of hydrogen-bond donors (Lipinski definition) is 2. The van der Waals surface area contributed by atoms with Crippen LogP contribution in [0, 0.1) is 11.7 Å². The third-order valence-corrected chi connectivity index (χ3v) is 9.52. The second-order valence-corrected chi connectivity index (χ2v) is 12.2. The van der Waals surface area contributed by atoms with Crippen LogP contribution in [0.4, 0.5) is 4.39 Å². The Morgan fingerprint density at radius 1 is 1.11 bits per heavy atom. The van der Waals surface area contributed by atoms with E-state index in [1.807, 2.05) is 18.2 Å². The number of hydrogen-bond acceptors (Lipinski definition) is 4. The molecule has 1 aliphatic heterocycles. The molecule has 1 aliphatic rings. The molecule has 0 aliphatic carbocycles. The molecule has 1 amide bonds. The lowest BCUT2D eigenvalue weighted by atomic mass is 9.91. The third kappa shape index (κ3) is 6.78. The number of nitrogens with zero attached hydrogens (tertiary/aromatic N) is 1. The summed E-state index contributed by atoms with van der Waals surface area (Å²) in [7, 11) is -3.90. The van der Waals surface area contributed by atoms with Crippen LogP contribution in [-0.2, 0) is 16.4 Å². The topological polar surface area (TPSA) is 86.7 Å². The van der Waals surface area contributed by atoms with E-state index in [1.165, 1.54) is 46.3 Å². The van der Waals surface area contributed by atoms with Gasteiger partial charge in [0.15, 0.2) is 0 Å². The molecule has 3 aromatic rings. The van der Waals surface area contributed by atoms with Crippen LogP contribution in [-0.4, -0.2) is 43.4 Å². The maximum Gasteiger partial charge on any atom is 0.251 e. The van der Waals surface area contributed by atoms with Gasteiger partial charge in [-0.05, 0) is 82.6 Å². The first kappa shape index (κ1) is 27.7. The first-order valence-electron chi connectivity index (χ1n) is 11.9. The summed E-state index contributed by atoms with van der Waals surface area (Å²) in [5.74, 6) is -0.625. The van der Waals surface area contributed by atoms with Crippen LogP contribution in [0.25, 0.3) is 0 Å². The summed E-state index contributed by atoms with van der Waals surface area (Å²) in [6.45, 7) is 0.620. The quantitative estimate of drug-likeness (QED) is 0.361. The Balaban J connectivity index is 1.40. The number of carbonyl (C=O) groups excluding carboxylic acids is 1. The Labute approximate surface area is 229 Å². The summed E-state index contributed by atoms with van der Waals surface area (Å²) in [5, 5.41) is 13.0. The fraction of sp³-hybridized carbons (Fsp3) is 0.296. The van der Waals surface area contributed by atoms with E-state index in [0.29, 0.717) is 24.6 Å². The average molecular weight is 610 g/mol. The normalized spacial score (nSPS) is 15.9. The number of amides is 1. The van der Waals surface area contributed by atoms with Crippen LogP contribution in [0.1, 0.15) is 40.4 Å². The second kappa shape index (κ2) is 12.0. The molecule has 2 N–H and O–H groups in total. The van der Waals surface area contributed by atoms with Crippen molar-refractivity contribution < 1.29 is 22.7 Å². The van der Waals surface area contributed by atoms with Gasteiger partial charge in [0.05, 0.1) is 15.6 Å². The minimum Gasteiger partial charge on any atom is -0.387 e. The number of carbonyl (C=O) groups is 1. The molecular weight excluding hydrogens is 583 g/mol. The maximum atomic E-state index is 13.4. The lowest BCUT2D eigenvalue weighted by Gasteiger charge is -2.31. The Morgan fingerprint density at radius 2 is 1.81 bits per heavy atom.